The van der Waals surface area contributed by atoms with Crippen molar-refractivity contribution in [3.8, 4) is 0 Å². The van der Waals surface area contributed by atoms with Gasteiger partial charge in [-0.3, -0.25) is 4.79 Å². The van der Waals surface area contributed by atoms with Crippen LogP contribution < -0.4 is 5.73 Å². The van der Waals surface area contributed by atoms with Crippen molar-refractivity contribution in [2.75, 3.05) is 0 Å². The van der Waals surface area contributed by atoms with Crippen LogP contribution in [0.25, 0.3) is 0 Å². The van der Waals surface area contributed by atoms with Crippen LogP contribution in [0.4, 0.5) is 0 Å². The number of amides is 1. The molecule has 0 aromatic heterocycles. The minimum atomic E-state index is -0.148. The van der Waals surface area contributed by atoms with Crippen molar-refractivity contribution >= 4 is 28.9 Å². The molecule has 1 aliphatic heterocycles. The van der Waals surface area contributed by atoms with Crippen LogP contribution in [0.5, 0.6) is 0 Å². The molecule has 0 fully saturated rings. The summed E-state index contributed by atoms with van der Waals surface area (Å²) in [6.07, 6.45) is 0.331. The molecule has 0 aromatic carbocycles. The van der Waals surface area contributed by atoms with Crippen LogP contribution >= 0.6 is 12.2 Å². The Balaban J connectivity index is 2.79. The molecule has 10 heavy (non-hydrogen) atoms. The first-order valence-electron chi connectivity index (χ1n) is 2.77. The minimum absolute atomic E-state index is 0.0156. The Hall–Kier alpha value is -0.970. The first-order valence-corrected chi connectivity index (χ1v) is 3.18. The summed E-state index contributed by atoms with van der Waals surface area (Å²) < 4.78 is 0. The summed E-state index contributed by atoms with van der Waals surface area (Å²) in [4.78, 5) is 10.9. The fourth-order valence-corrected chi connectivity index (χ4v) is 0.870. The Labute approximate surface area is 63.7 Å². The molecule has 0 aromatic rings. The van der Waals surface area contributed by atoms with Crippen molar-refractivity contribution in [1.29, 1.82) is 0 Å². The summed E-state index contributed by atoms with van der Waals surface area (Å²) in [5.74, 6) is -0.148. The highest BCUT2D eigenvalue weighted by Crippen LogP contribution is 2.06. The van der Waals surface area contributed by atoms with Gasteiger partial charge in [-0.1, -0.05) is 0 Å². The number of carbonyl (C=O) groups excluding carboxylic acids is 1. The van der Waals surface area contributed by atoms with Crippen molar-refractivity contribution in [2.45, 2.75) is 13.3 Å². The zero-order valence-electron chi connectivity index (χ0n) is 5.50. The van der Waals surface area contributed by atoms with Crippen LogP contribution in [0.3, 0.4) is 0 Å². The van der Waals surface area contributed by atoms with Gasteiger partial charge in [0.05, 0.1) is 6.42 Å². The second-order valence-corrected chi connectivity index (χ2v) is 2.47. The first kappa shape index (κ1) is 7.14. The first-order chi connectivity index (χ1) is 4.61. The van der Waals surface area contributed by atoms with E-state index in [1.807, 2.05) is 0 Å². The third-order valence-electron chi connectivity index (χ3n) is 1.12. The average Bonchev–Trinajstić information content (AvgIpc) is 2.10. The molecule has 1 heterocycles. The molecule has 1 rings (SSSR count). The molecule has 0 unspecified atom stereocenters. The number of nitrogens with two attached hydrogens (primary N) is 1. The molecule has 4 nitrogen and oxygen atoms in total. The van der Waals surface area contributed by atoms with Crippen LogP contribution in [0.1, 0.15) is 13.3 Å². The molecular weight excluding hydrogens is 150 g/mol. The monoisotopic (exact) mass is 157 g/mol. The smallest absolute Gasteiger partial charge is 0.255 e. The number of hydrogen-bond acceptors (Lipinski definition) is 3. The lowest BCUT2D eigenvalue weighted by molar-refractivity contribution is -0.125. The van der Waals surface area contributed by atoms with Crippen LogP contribution in [-0.2, 0) is 4.79 Å². The third kappa shape index (κ3) is 1.13. The number of hydrogen-bond donors (Lipinski definition) is 1. The van der Waals surface area contributed by atoms with Gasteiger partial charge in [0, 0.05) is 5.71 Å². The van der Waals surface area contributed by atoms with Crippen molar-refractivity contribution < 1.29 is 4.79 Å². The molecule has 0 bridgehead atoms. The van der Waals surface area contributed by atoms with Crippen LogP contribution in [-0.4, -0.2) is 21.7 Å². The van der Waals surface area contributed by atoms with Gasteiger partial charge < -0.3 is 5.73 Å². The Morgan fingerprint density at radius 2 is 2.50 bits per heavy atom. The Bertz CT molecular complexity index is 223. The van der Waals surface area contributed by atoms with E-state index >= 15 is 0 Å². The molecule has 0 spiro atoms. The highest BCUT2D eigenvalue weighted by molar-refractivity contribution is 7.80. The fraction of sp³-hybridized carbons (Fsp3) is 0.400. The summed E-state index contributed by atoms with van der Waals surface area (Å²) in [5, 5.41) is 4.87. The Morgan fingerprint density at radius 3 is 2.70 bits per heavy atom. The third-order valence-corrected chi connectivity index (χ3v) is 1.30. The van der Waals surface area contributed by atoms with E-state index in [0.29, 0.717) is 6.42 Å². The number of rotatable bonds is 0. The zero-order chi connectivity index (χ0) is 7.72. The Kier molecular flexibility index (Phi) is 1.67. The van der Waals surface area contributed by atoms with Crippen molar-refractivity contribution in [3.63, 3.8) is 0 Å². The van der Waals surface area contributed by atoms with Gasteiger partial charge in [0.1, 0.15) is 0 Å². The predicted molar refractivity (Wildman–Crippen MR) is 41.4 cm³/mol. The lowest BCUT2D eigenvalue weighted by Gasteiger charge is -2.06. The van der Waals surface area contributed by atoms with E-state index in [1.54, 1.807) is 6.92 Å². The SMILES string of the molecule is CC1=NN(C(N)=S)C(=O)C1. The maximum atomic E-state index is 10.9. The van der Waals surface area contributed by atoms with E-state index < -0.39 is 0 Å². The number of carbonyl (C=O) groups is 1. The topological polar surface area (TPSA) is 58.7 Å². The average molecular weight is 157 g/mol. The molecule has 0 atom stereocenters. The number of thiocarbonyl (C=S) groups is 1. The van der Waals surface area contributed by atoms with E-state index in [1.165, 1.54) is 0 Å². The van der Waals surface area contributed by atoms with E-state index in [9.17, 15) is 4.79 Å². The summed E-state index contributed by atoms with van der Waals surface area (Å²) >= 11 is 4.56. The van der Waals surface area contributed by atoms with Gasteiger partial charge in [0.2, 0.25) is 0 Å². The summed E-state index contributed by atoms with van der Waals surface area (Å²) in [5.41, 5.74) is 5.93. The highest BCUT2D eigenvalue weighted by atomic mass is 32.1. The quantitative estimate of drug-likeness (QED) is 0.497. The maximum Gasteiger partial charge on any atom is 0.255 e. The molecule has 1 amide bonds. The van der Waals surface area contributed by atoms with Gasteiger partial charge in [0.15, 0.2) is 5.11 Å². The maximum absolute atomic E-state index is 10.9. The predicted octanol–water partition coefficient (Wildman–Crippen LogP) is -0.162. The zero-order valence-corrected chi connectivity index (χ0v) is 6.31. The van der Waals surface area contributed by atoms with Crippen molar-refractivity contribution in [3.05, 3.63) is 0 Å². The van der Waals surface area contributed by atoms with Crippen molar-refractivity contribution in [2.24, 2.45) is 10.8 Å². The van der Waals surface area contributed by atoms with E-state index in [0.717, 1.165) is 10.7 Å². The molecule has 54 valence electrons. The number of hydrazone groups is 1. The van der Waals surface area contributed by atoms with Gasteiger partial charge >= 0.3 is 0 Å². The van der Waals surface area contributed by atoms with Crippen LogP contribution in [0.2, 0.25) is 0 Å². The largest absolute Gasteiger partial charge is 0.374 e. The molecular formula is C5H7N3OS. The molecule has 0 aliphatic carbocycles. The van der Waals surface area contributed by atoms with Gasteiger partial charge in [-0.05, 0) is 19.1 Å². The van der Waals surface area contributed by atoms with Crippen LogP contribution in [0.15, 0.2) is 5.10 Å². The van der Waals surface area contributed by atoms with Gasteiger partial charge in [-0.2, -0.15) is 10.1 Å². The second-order valence-electron chi connectivity index (χ2n) is 2.06. The standard InChI is InChI=1S/C5H7N3OS/c1-3-2-4(9)8(7-3)5(6)10/h2H2,1H3,(H2,6,10). The van der Waals surface area contributed by atoms with Gasteiger partial charge in [0.25, 0.3) is 5.91 Å². The highest BCUT2D eigenvalue weighted by Gasteiger charge is 2.22. The fourth-order valence-electron chi connectivity index (χ4n) is 0.728. The van der Waals surface area contributed by atoms with Crippen molar-refractivity contribution in [1.82, 2.24) is 5.01 Å². The van der Waals surface area contributed by atoms with E-state index in [-0.39, 0.29) is 11.0 Å². The molecule has 0 radical (unpaired) electrons. The lowest BCUT2D eigenvalue weighted by atomic mass is 10.3. The number of nitrogens with zero attached hydrogens (tertiary/aromatic N) is 2. The Morgan fingerprint density at radius 1 is 1.90 bits per heavy atom. The molecule has 5 heteroatoms. The summed E-state index contributed by atoms with van der Waals surface area (Å²) in [7, 11) is 0. The summed E-state index contributed by atoms with van der Waals surface area (Å²) in [6.45, 7) is 1.76. The van der Waals surface area contributed by atoms with Gasteiger partial charge in [-0.15, -0.1) is 0 Å². The summed E-state index contributed by atoms with van der Waals surface area (Å²) in [6, 6.07) is 0. The lowest BCUT2D eigenvalue weighted by Crippen LogP contribution is -2.32. The van der Waals surface area contributed by atoms with Gasteiger partial charge in [-0.25, -0.2) is 0 Å². The molecule has 2 N–H and O–H groups in total. The molecule has 1 aliphatic rings. The second kappa shape index (κ2) is 2.34. The van der Waals surface area contributed by atoms with E-state index in [4.69, 9.17) is 5.73 Å². The molecule has 0 saturated heterocycles. The minimum Gasteiger partial charge on any atom is -0.374 e. The molecule has 0 saturated carbocycles. The van der Waals surface area contributed by atoms with Crippen LogP contribution in [0, 0.1) is 0 Å². The normalized spacial score (nSPS) is 17.5. The van der Waals surface area contributed by atoms with E-state index in [2.05, 4.69) is 17.3 Å².